The van der Waals surface area contributed by atoms with Gasteiger partial charge in [0.25, 0.3) is 0 Å². The van der Waals surface area contributed by atoms with E-state index in [1.165, 1.54) is 0 Å². The standard InChI is InChI=1S/C6H11ClOS/c1-6(2,9-3)4-5(7)8/h4H2,1-3H3. The van der Waals surface area contributed by atoms with E-state index in [4.69, 9.17) is 11.6 Å². The highest BCUT2D eigenvalue weighted by Gasteiger charge is 2.18. The van der Waals surface area contributed by atoms with Crippen LogP contribution in [0.5, 0.6) is 0 Å². The summed E-state index contributed by atoms with van der Waals surface area (Å²) in [6, 6.07) is 0. The summed E-state index contributed by atoms with van der Waals surface area (Å²) in [5, 5.41) is -0.255. The van der Waals surface area contributed by atoms with Gasteiger partial charge in [0.1, 0.15) is 0 Å². The van der Waals surface area contributed by atoms with E-state index < -0.39 is 0 Å². The zero-order valence-electron chi connectivity index (χ0n) is 5.90. The molecule has 0 unspecified atom stereocenters. The first kappa shape index (κ1) is 9.31. The first-order chi connectivity index (χ1) is 3.98. The van der Waals surface area contributed by atoms with Crippen LogP contribution in [0.4, 0.5) is 0 Å². The number of carbonyl (C=O) groups excluding carboxylic acids is 1. The van der Waals surface area contributed by atoms with Crippen molar-refractivity contribution in [1.29, 1.82) is 0 Å². The van der Waals surface area contributed by atoms with Crippen LogP contribution in [0.15, 0.2) is 0 Å². The Morgan fingerprint density at radius 3 is 2.22 bits per heavy atom. The van der Waals surface area contributed by atoms with Crippen LogP contribution in [0.3, 0.4) is 0 Å². The Kier molecular flexibility index (Phi) is 3.59. The first-order valence-corrected chi connectivity index (χ1v) is 4.32. The van der Waals surface area contributed by atoms with E-state index in [1.54, 1.807) is 11.8 Å². The van der Waals surface area contributed by atoms with Crippen LogP contribution in [-0.2, 0) is 4.79 Å². The monoisotopic (exact) mass is 166 g/mol. The summed E-state index contributed by atoms with van der Waals surface area (Å²) < 4.78 is -0.00116. The number of rotatable bonds is 3. The predicted molar refractivity (Wildman–Crippen MR) is 43.1 cm³/mol. The fourth-order valence-corrected chi connectivity index (χ4v) is 1.10. The van der Waals surface area contributed by atoms with Crippen LogP contribution in [0.2, 0.25) is 0 Å². The van der Waals surface area contributed by atoms with Crippen molar-refractivity contribution in [3.05, 3.63) is 0 Å². The van der Waals surface area contributed by atoms with Crippen molar-refractivity contribution in [2.45, 2.75) is 25.0 Å². The quantitative estimate of drug-likeness (QED) is 0.599. The summed E-state index contributed by atoms with van der Waals surface area (Å²) in [6.45, 7) is 4.00. The second-order valence-corrected chi connectivity index (χ2v) is 4.43. The molecule has 3 heteroatoms. The average molecular weight is 167 g/mol. The van der Waals surface area contributed by atoms with Crippen molar-refractivity contribution in [2.75, 3.05) is 6.26 Å². The smallest absolute Gasteiger partial charge is 0.223 e. The lowest BCUT2D eigenvalue weighted by Crippen LogP contribution is -2.16. The molecule has 0 fully saturated rings. The second-order valence-electron chi connectivity index (χ2n) is 2.50. The van der Waals surface area contributed by atoms with Gasteiger partial charge in [0.05, 0.1) is 0 Å². The van der Waals surface area contributed by atoms with E-state index in [1.807, 2.05) is 20.1 Å². The minimum atomic E-state index is -0.255. The first-order valence-electron chi connectivity index (χ1n) is 2.71. The zero-order valence-corrected chi connectivity index (χ0v) is 7.47. The van der Waals surface area contributed by atoms with Crippen molar-refractivity contribution in [3.8, 4) is 0 Å². The molecule has 0 aromatic rings. The Morgan fingerprint density at radius 1 is 1.67 bits per heavy atom. The van der Waals surface area contributed by atoms with Gasteiger partial charge in [-0.2, -0.15) is 11.8 Å². The van der Waals surface area contributed by atoms with E-state index in [0.717, 1.165) is 0 Å². The highest BCUT2D eigenvalue weighted by atomic mass is 35.5. The van der Waals surface area contributed by atoms with Gasteiger partial charge in [-0.3, -0.25) is 4.79 Å². The van der Waals surface area contributed by atoms with Gasteiger partial charge < -0.3 is 0 Å². The van der Waals surface area contributed by atoms with Gasteiger partial charge in [-0.15, -0.1) is 0 Å². The SMILES string of the molecule is CSC(C)(C)CC(=O)Cl. The Hall–Kier alpha value is 0.310. The van der Waals surface area contributed by atoms with Gasteiger partial charge >= 0.3 is 0 Å². The van der Waals surface area contributed by atoms with E-state index in [9.17, 15) is 4.79 Å². The maximum Gasteiger partial charge on any atom is 0.223 e. The van der Waals surface area contributed by atoms with Crippen molar-refractivity contribution >= 4 is 28.6 Å². The minimum absolute atomic E-state index is 0.00116. The highest BCUT2D eigenvalue weighted by molar-refractivity contribution is 7.99. The fourth-order valence-electron chi connectivity index (χ4n) is 0.407. The molecule has 0 saturated carbocycles. The predicted octanol–water partition coefficient (Wildman–Crippen LogP) is 2.28. The number of hydrogen-bond donors (Lipinski definition) is 0. The third-order valence-corrected chi connectivity index (χ3v) is 2.50. The highest BCUT2D eigenvalue weighted by Crippen LogP contribution is 2.25. The normalized spacial score (nSPS) is 11.6. The van der Waals surface area contributed by atoms with Gasteiger partial charge in [-0.25, -0.2) is 0 Å². The molecule has 0 rings (SSSR count). The summed E-state index contributed by atoms with van der Waals surface area (Å²) in [4.78, 5) is 10.4. The number of hydrogen-bond acceptors (Lipinski definition) is 2. The molecular formula is C6H11ClOS. The van der Waals surface area contributed by atoms with E-state index in [0.29, 0.717) is 6.42 Å². The molecule has 0 amide bonds. The van der Waals surface area contributed by atoms with Crippen molar-refractivity contribution in [3.63, 3.8) is 0 Å². The molecule has 0 aliphatic heterocycles. The van der Waals surface area contributed by atoms with E-state index >= 15 is 0 Å². The van der Waals surface area contributed by atoms with Gasteiger partial charge in [0, 0.05) is 11.2 Å². The van der Waals surface area contributed by atoms with E-state index in [2.05, 4.69) is 0 Å². The van der Waals surface area contributed by atoms with Crippen LogP contribution < -0.4 is 0 Å². The Labute approximate surface area is 65.2 Å². The largest absolute Gasteiger partial charge is 0.281 e. The number of halogens is 1. The molecule has 0 heterocycles. The molecule has 54 valence electrons. The second kappa shape index (κ2) is 3.47. The maximum absolute atomic E-state index is 10.4. The van der Waals surface area contributed by atoms with Gasteiger partial charge in [-0.1, -0.05) is 13.8 Å². The molecule has 0 aromatic carbocycles. The molecule has 9 heavy (non-hydrogen) atoms. The van der Waals surface area contributed by atoms with Crippen LogP contribution in [0, 0.1) is 0 Å². The number of thioether (sulfide) groups is 1. The summed E-state index contributed by atoms with van der Waals surface area (Å²) in [5.41, 5.74) is 0. The maximum atomic E-state index is 10.4. The third kappa shape index (κ3) is 4.79. The Morgan fingerprint density at radius 2 is 2.11 bits per heavy atom. The summed E-state index contributed by atoms with van der Waals surface area (Å²) >= 11 is 6.84. The van der Waals surface area contributed by atoms with Gasteiger partial charge in [0.2, 0.25) is 5.24 Å². The van der Waals surface area contributed by atoms with Crippen molar-refractivity contribution in [2.24, 2.45) is 0 Å². The lowest BCUT2D eigenvalue weighted by atomic mass is 10.1. The van der Waals surface area contributed by atoms with Gasteiger partial charge in [-0.05, 0) is 17.9 Å². The molecule has 0 aliphatic carbocycles. The molecule has 0 aromatic heterocycles. The molecule has 0 bridgehead atoms. The van der Waals surface area contributed by atoms with Crippen molar-refractivity contribution < 1.29 is 4.79 Å². The number of carbonyl (C=O) groups is 1. The van der Waals surface area contributed by atoms with Crippen LogP contribution in [-0.4, -0.2) is 16.2 Å². The lowest BCUT2D eigenvalue weighted by Gasteiger charge is -2.18. The van der Waals surface area contributed by atoms with E-state index in [-0.39, 0.29) is 9.99 Å². The topological polar surface area (TPSA) is 17.1 Å². The molecule has 0 saturated heterocycles. The molecule has 0 radical (unpaired) electrons. The average Bonchev–Trinajstić information content (AvgIpc) is 1.63. The third-order valence-electron chi connectivity index (χ3n) is 1.12. The summed E-state index contributed by atoms with van der Waals surface area (Å²) in [6.07, 6.45) is 2.41. The molecule has 1 nitrogen and oxygen atoms in total. The van der Waals surface area contributed by atoms with Crippen LogP contribution >= 0.6 is 23.4 Å². The molecule has 0 aliphatic rings. The molecule has 0 atom stereocenters. The molecule has 0 spiro atoms. The Balaban J connectivity index is 3.71. The fraction of sp³-hybridized carbons (Fsp3) is 0.833. The Bertz CT molecular complexity index is 112. The molecule has 0 N–H and O–H groups in total. The molecular weight excluding hydrogens is 156 g/mol. The zero-order chi connectivity index (χ0) is 7.49. The minimum Gasteiger partial charge on any atom is -0.281 e. The van der Waals surface area contributed by atoms with Gasteiger partial charge in [0.15, 0.2) is 0 Å². The van der Waals surface area contributed by atoms with Crippen LogP contribution in [0.1, 0.15) is 20.3 Å². The van der Waals surface area contributed by atoms with Crippen LogP contribution in [0.25, 0.3) is 0 Å². The lowest BCUT2D eigenvalue weighted by molar-refractivity contribution is -0.112. The summed E-state index contributed by atoms with van der Waals surface area (Å²) in [7, 11) is 0. The summed E-state index contributed by atoms with van der Waals surface area (Å²) in [5.74, 6) is 0. The van der Waals surface area contributed by atoms with Crippen molar-refractivity contribution in [1.82, 2.24) is 0 Å².